The highest BCUT2D eigenvalue weighted by Gasteiger charge is 2.24. The minimum atomic E-state index is 0.465. The van der Waals surface area contributed by atoms with Gasteiger partial charge in [0.25, 0.3) is 0 Å². The number of ether oxygens (including phenoxy) is 1. The molecule has 7 heteroatoms. The fraction of sp³-hybridized carbons (Fsp3) is 0.500. The predicted molar refractivity (Wildman–Crippen MR) is 110 cm³/mol. The zero-order chi connectivity index (χ0) is 19.6. The van der Waals surface area contributed by atoms with Crippen molar-refractivity contribution in [1.29, 1.82) is 0 Å². The van der Waals surface area contributed by atoms with Crippen molar-refractivity contribution in [3.05, 3.63) is 59.4 Å². The van der Waals surface area contributed by atoms with Gasteiger partial charge in [-0.05, 0) is 37.5 Å². The van der Waals surface area contributed by atoms with Gasteiger partial charge in [-0.3, -0.25) is 4.90 Å². The molecule has 2 aliphatic rings. The maximum atomic E-state index is 5.47. The van der Waals surface area contributed by atoms with Gasteiger partial charge in [-0.25, -0.2) is 14.3 Å². The lowest BCUT2D eigenvalue weighted by Gasteiger charge is -2.20. The molecule has 0 atom stereocenters. The molecule has 5 rings (SSSR count). The number of nitrogens with zero attached hydrogens (tertiary/aromatic N) is 6. The molecule has 1 aromatic carbocycles. The van der Waals surface area contributed by atoms with Crippen LogP contribution in [-0.4, -0.2) is 55.7 Å². The van der Waals surface area contributed by atoms with Crippen molar-refractivity contribution in [2.45, 2.75) is 45.2 Å². The molecule has 3 aromatic rings. The molecule has 7 nitrogen and oxygen atoms in total. The maximum Gasteiger partial charge on any atom is 0.154 e. The van der Waals surface area contributed by atoms with E-state index in [2.05, 4.69) is 52.1 Å². The lowest BCUT2D eigenvalue weighted by molar-refractivity contribution is 0.0835. The smallest absolute Gasteiger partial charge is 0.154 e. The van der Waals surface area contributed by atoms with Gasteiger partial charge >= 0.3 is 0 Å². The Bertz CT molecular complexity index is 946. The predicted octanol–water partition coefficient (Wildman–Crippen LogP) is 2.72. The summed E-state index contributed by atoms with van der Waals surface area (Å²) in [4.78, 5) is 7.36. The third-order valence-electron chi connectivity index (χ3n) is 5.94. The average molecular weight is 393 g/mol. The van der Waals surface area contributed by atoms with Crippen LogP contribution in [0.5, 0.6) is 0 Å². The van der Waals surface area contributed by atoms with Gasteiger partial charge < -0.3 is 4.74 Å². The normalized spacial score (nSPS) is 18.5. The number of fused-ring (bicyclic) bond motifs is 1. The van der Waals surface area contributed by atoms with Crippen molar-refractivity contribution in [3.8, 4) is 5.69 Å². The van der Waals surface area contributed by atoms with Crippen LogP contribution in [0, 0.1) is 6.92 Å². The third kappa shape index (κ3) is 4.11. The summed E-state index contributed by atoms with van der Waals surface area (Å²) < 4.78 is 9.56. The molecule has 0 amide bonds. The SMILES string of the molecule is Cc1cccc(-n2cc(CN3CCc4nc(C5CCOCC5)nn4CC3)cn2)c1. The Balaban J connectivity index is 1.22. The summed E-state index contributed by atoms with van der Waals surface area (Å²) in [5.74, 6) is 2.62. The number of aryl methyl sites for hydroxylation is 1. The molecule has 4 heterocycles. The lowest BCUT2D eigenvalue weighted by Crippen LogP contribution is -2.26. The van der Waals surface area contributed by atoms with Crippen LogP contribution in [0.2, 0.25) is 0 Å². The molecule has 152 valence electrons. The fourth-order valence-electron chi connectivity index (χ4n) is 4.26. The molecule has 0 saturated carbocycles. The summed E-state index contributed by atoms with van der Waals surface area (Å²) in [5.41, 5.74) is 3.59. The molecule has 0 aliphatic carbocycles. The molecule has 0 spiro atoms. The van der Waals surface area contributed by atoms with Crippen LogP contribution in [0.1, 0.15) is 41.5 Å². The quantitative estimate of drug-likeness (QED) is 0.683. The first-order valence-corrected chi connectivity index (χ1v) is 10.6. The van der Waals surface area contributed by atoms with Crippen molar-refractivity contribution in [3.63, 3.8) is 0 Å². The molecule has 1 saturated heterocycles. The van der Waals surface area contributed by atoms with E-state index < -0.39 is 0 Å². The van der Waals surface area contributed by atoms with E-state index in [-0.39, 0.29) is 0 Å². The second-order valence-electron chi connectivity index (χ2n) is 8.15. The zero-order valence-corrected chi connectivity index (χ0v) is 17.0. The van der Waals surface area contributed by atoms with Crippen molar-refractivity contribution >= 4 is 0 Å². The molecular weight excluding hydrogens is 364 g/mol. The van der Waals surface area contributed by atoms with Crippen molar-refractivity contribution < 1.29 is 4.74 Å². The first kappa shape index (κ1) is 18.5. The van der Waals surface area contributed by atoms with Crippen LogP contribution >= 0.6 is 0 Å². The van der Waals surface area contributed by atoms with Crippen LogP contribution in [0.15, 0.2) is 36.7 Å². The number of rotatable bonds is 4. The van der Waals surface area contributed by atoms with Crippen molar-refractivity contribution in [1.82, 2.24) is 29.4 Å². The Morgan fingerprint density at radius 3 is 2.90 bits per heavy atom. The van der Waals surface area contributed by atoms with E-state index in [1.807, 2.05) is 10.9 Å². The van der Waals surface area contributed by atoms with E-state index in [0.29, 0.717) is 5.92 Å². The third-order valence-corrected chi connectivity index (χ3v) is 5.94. The Labute approximate surface area is 171 Å². The van der Waals surface area contributed by atoms with Crippen molar-refractivity contribution in [2.75, 3.05) is 26.3 Å². The van der Waals surface area contributed by atoms with Gasteiger partial charge in [0.2, 0.25) is 0 Å². The summed E-state index contributed by atoms with van der Waals surface area (Å²) in [5, 5.41) is 9.39. The lowest BCUT2D eigenvalue weighted by atomic mass is 10.00. The van der Waals surface area contributed by atoms with Gasteiger partial charge in [0.1, 0.15) is 5.82 Å². The number of hydrogen-bond donors (Lipinski definition) is 0. The van der Waals surface area contributed by atoms with E-state index >= 15 is 0 Å². The van der Waals surface area contributed by atoms with E-state index in [4.69, 9.17) is 14.8 Å². The van der Waals surface area contributed by atoms with Crippen LogP contribution < -0.4 is 0 Å². The van der Waals surface area contributed by atoms with Crippen LogP contribution in [0.25, 0.3) is 5.69 Å². The highest BCUT2D eigenvalue weighted by Crippen LogP contribution is 2.25. The maximum absolute atomic E-state index is 5.47. The summed E-state index contributed by atoms with van der Waals surface area (Å²) in [6, 6.07) is 8.43. The molecule has 0 radical (unpaired) electrons. The number of hydrogen-bond acceptors (Lipinski definition) is 5. The van der Waals surface area contributed by atoms with Crippen LogP contribution in [0.3, 0.4) is 0 Å². The number of benzene rings is 1. The Morgan fingerprint density at radius 1 is 1.14 bits per heavy atom. The largest absolute Gasteiger partial charge is 0.381 e. The number of aromatic nitrogens is 5. The highest BCUT2D eigenvalue weighted by molar-refractivity contribution is 5.35. The fourth-order valence-corrected chi connectivity index (χ4v) is 4.26. The Hall–Kier alpha value is -2.51. The Morgan fingerprint density at radius 2 is 2.03 bits per heavy atom. The summed E-state index contributed by atoms with van der Waals surface area (Å²) in [7, 11) is 0. The van der Waals surface area contributed by atoms with Gasteiger partial charge in [0, 0.05) is 56.9 Å². The average Bonchev–Trinajstić information content (AvgIpc) is 3.34. The second-order valence-corrected chi connectivity index (χ2v) is 8.15. The summed E-state index contributed by atoms with van der Waals surface area (Å²) >= 11 is 0. The van der Waals surface area contributed by atoms with Crippen LogP contribution in [0.4, 0.5) is 0 Å². The van der Waals surface area contributed by atoms with E-state index in [1.54, 1.807) is 0 Å². The van der Waals surface area contributed by atoms with Gasteiger partial charge in [-0.15, -0.1) is 0 Å². The zero-order valence-electron chi connectivity index (χ0n) is 17.0. The Kier molecular flexibility index (Phi) is 5.16. The molecule has 1 fully saturated rings. The molecule has 2 aromatic heterocycles. The first-order valence-electron chi connectivity index (χ1n) is 10.6. The van der Waals surface area contributed by atoms with Gasteiger partial charge in [-0.1, -0.05) is 12.1 Å². The standard InChI is InChI=1S/C22H28N6O/c1-17-3-2-4-20(13-17)28-16-18(14-23-28)15-26-8-5-21-24-22(25-27(21)10-9-26)19-6-11-29-12-7-19/h2-4,13-14,16,19H,5-12,15H2,1H3. The molecular formula is C22H28N6O. The van der Waals surface area contributed by atoms with Crippen molar-refractivity contribution in [2.24, 2.45) is 0 Å². The summed E-state index contributed by atoms with van der Waals surface area (Å²) in [6.45, 7) is 7.56. The molecule has 0 bridgehead atoms. The minimum absolute atomic E-state index is 0.465. The van der Waals surface area contributed by atoms with E-state index in [0.717, 1.165) is 76.0 Å². The second kappa shape index (κ2) is 8.08. The van der Waals surface area contributed by atoms with E-state index in [1.165, 1.54) is 11.1 Å². The molecule has 0 unspecified atom stereocenters. The van der Waals surface area contributed by atoms with Gasteiger partial charge in [0.05, 0.1) is 18.4 Å². The molecule has 0 N–H and O–H groups in total. The topological polar surface area (TPSA) is 61.0 Å². The van der Waals surface area contributed by atoms with Gasteiger partial charge in [0.15, 0.2) is 5.82 Å². The van der Waals surface area contributed by atoms with Crippen LogP contribution in [-0.2, 0) is 24.2 Å². The first-order chi connectivity index (χ1) is 14.2. The summed E-state index contributed by atoms with van der Waals surface area (Å²) in [6.07, 6.45) is 7.15. The highest BCUT2D eigenvalue weighted by atomic mass is 16.5. The monoisotopic (exact) mass is 392 g/mol. The van der Waals surface area contributed by atoms with E-state index in [9.17, 15) is 0 Å². The molecule has 29 heavy (non-hydrogen) atoms. The molecule has 2 aliphatic heterocycles. The minimum Gasteiger partial charge on any atom is -0.381 e. The van der Waals surface area contributed by atoms with Gasteiger partial charge in [-0.2, -0.15) is 10.2 Å².